The fourth-order valence-electron chi connectivity index (χ4n) is 2.72. The minimum absolute atomic E-state index is 0.114. The first-order valence-corrected chi connectivity index (χ1v) is 7.72. The molecule has 1 amide bonds. The van der Waals surface area contributed by atoms with Gasteiger partial charge in [-0.3, -0.25) is 9.78 Å². The van der Waals surface area contributed by atoms with E-state index in [1.165, 1.54) is 24.0 Å². The van der Waals surface area contributed by atoms with E-state index in [1.54, 1.807) is 6.20 Å². The number of pyridine rings is 1. The van der Waals surface area contributed by atoms with Gasteiger partial charge in [0.2, 0.25) is 0 Å². The Morgan fingerprint density at radius 1 is 1.09 bits per heavy atom. The molecule has 4 nitrogen and oxygen atoms in total. The van der Waals surface area contributed by atoms with Gasteiger partial charge < -0.3 is 10.2 Å². The Morgan fingerprint density at radius 3 is 2.59 bits per heavy atom. The smallest absolute Gasteiger partial charge is 0.257 e. The quantitative estimate of drug-likeness (QED) is 0.942. The molecule has 0 radical (unpaired) electrons. The van der Waals surface area contributed by atoms with E-state index in [0.717, 1.165) is 24.5 Å². The average molecular weight is 295 g/mol. The van der Waals surface area contributed by atoms with Crippen LogP contribution in [0.1, 0.15) is 34.3 Å². The Labute approximate surface area is 131 Å². The molecule has 3 rings (SSSR count). The molecule has 1 aromatic carbocycles. The summed E-state index contributed by atoms with van der Waals surface area (Å²) in [5.74, 6) is -0.114. The molecule has 0 saturated carbocycles. The van der Waals surface area contributed by atoms with Crippen LogP contribution in [0.5, 0.6) is 0 Å². The lowest BCUT2D eigenvalue weighted by atomic mass is 10.1. The average Bonchev–Trinajstić information content (AvgIpc) is 3.05. The lowest BCUT2D eigenvalue weighted by Crippen LogP contribution is -2.19. The van der Waals surface area contributed by atoms with E-state index in [4.69, 9.17) is 0 Å². The van der Waals surface area contributed by atoms with Crippen LogP contribution in [0.2, 0.25) is 0 Å². The van der Waals surface area contributed by atoms with Crippen molar-refractivity contribution in [3.05, 3.63) is 53.3 Å². The van der Waals surface area contributed by atoms with Crippen LogP contribution in [-0.2, 0) is 0 Å². The minimum atomic E-state index is -0.114. The van der Waals surface area contributed by atoms with Gasteiger partial charge in [0.15, 0.2) is 0 Å². The monoisotopic (exact) mass is 295 g/mol. The summed E-state index contributed by atoms with van der Waals surface area (Å²) in [6.45, 7) is 6.19. The highest BCUT2D eigenvalue weighted by atomic mass is 16.1. The van der Waals surface area contributed by atoms with Gasteiger partial charge >= 0.3 is 0 Å². The van der Waals surface area contributed by atoms with Crippen molar-refractivity contribution in [2.24, 2.45) is 0 Å². The third-order valence-electron chi connectivity index (χ3n) is 4.22. The summed E-state index contributed by atoms with van der Waals surface area (Å²) in [5.41, 5.74) is 4.84. The highest BCUT2D eigenvalue weighted by Crippen LogP contribution is 2.21. The van der Waals surface area contributed by atoms with Crippen LogP contribution in [0, 0.1) is 13.8 Å². The summed E-state index contributed by atoms with van der Waals surface area (Å²) >= 11 is 0. The molecule has 22 heavy (non-hydrogen) atoms. The number of anilines is 2. The Morgan fingerprint density at radius 2 is 1.86 bits per heavy atom. The summed E-state index contributed by atoms with van der Waals surface area (Å²) in [5, 5.41) is 2.95. The van der Waals surface area contributed by atoms with Crippen LogP contribution >= 0.6 is 0 Å². The van der Waals surface area contributed by atoms with Crippen molar-refractivity contribution in [3.63, 3.8) is 0 Å². The molecule has 0 aliphatic carbocycles. The molecule has 4 heteroatoms. The van der Waals surface area contributed by atoms with Gasteiger partial charge in [0, 0.05) is 25.0 Å². The molecule has 0 bridgehead atoms. The highest BCUT2D eigenvalue weighted by molar-refractivity contribution is 6.04. The second-order valence-corrected chi connectivity index (χ2v) is 5.88. The number of hydrogen-bond acceptors (Lipinski definition) is 3. The molecular formula is C18H21N3O. The van der Waals surface area contributed by atoms with Gasteiger partial charge in [0.1, 0.15) is 0 Å². The third-order valence-corrected chi connectivity index (χ3v) is 4.22. The van der Waals surface area contributed by atoms with Crippen LogP contribution < -0.4 is 10.2 Å². The number of hydrogen-bond donors (Lipinski definition) is 1. The van der Waals surface area contributed by atoms with Crippen molar-refractivity contribution in [1.29, 1.82) is 0 Å². The minimum Gasteiger partial charge on any atom is -0.370 e. The number of carbonyl (C=O) groups excluding carboxylic acids is 1. The number of nitrogens with one attached hydrogen (secondary N) is 1. The Kier molecular flexibility index (Phi) is 4.09. The van der Waals surface area contributed by atoms with Gasteiger partial charge in [-0.1, -0.05) is 6.07 Å². The van der Waals surface area contributed by atoms with Crippen molar-refractivity contribution < 1.29 is 4.79 Å². The van der Waals surface area contributed by atoms with Gasteiger partial charge in [-0.2, -0.15) is 0 Å². The molecule has 1 aromatic heterocycles. The topological polar surface area (TPSA) is 45.2 Å². The van der Waals surface area contributed by atoms with Gasteiger partial charge in [0.25, 0.3) is 5.91 Å². The number of aryl methyl sites for hydroxylation is 2. The van der Waals surface area contributed by atoms with Gasteiger partial charge in [0.05, 0.1) is 17.4 Å². The Balaban J connectivity index is 1.76. The fraction of sp³-hybridized carbons (Fsp3) is 0.333. The second-order valence-electron chi connectivity index (χ2n) is 5.88. The predicted molar refractivity (Wildman–Crippen MR) is 89.6 cm³/mol. The molecule has 0 spiro atoms. The van der Waals surface area contributed by atoms with E-state index in [2.05, 4.69) is 22.1 Å². The van der Waals surface area contributed by atoms with E-state index in [-0.39, 0.29) is 5.91 Å². The lowest BCUT2D eigenvalue weighted by molar-refractivity contribution is 0.102. The highest BCUT2D eigenvalue weighted by Gasteiger charge is 2.15. The van der Waals surface area contributed by atoms with Crippen molar-refractivity contribution in [2.45, 2.75) is 26.7 Å². The molecule has 1 aliphatic rings. The van der Waals surface area contributed by atoms with E-state index < -0.39 is 0 Å². The molecule has 114 valence electrons. The first-order valence-electron chi connectivity index (χ1n) is 7.72. The zero-order valence-electron chi connectivity index (χ0n) is 13.1. The van der Waals surface area contributed by atoms with Crippen molar-refractivity contribution >= 4 is 17.3 Å². The van der Waals surface area contributed by atoms with Gasteiger partial charge in [-0.15, -0.1) is 0 Å². The largest absolute Gasteiger partial charge is 0.370 e. The summed E-state index contributed by atoms with van der Waals surface area (Å²) in [4.78, 5) is 18.9. The zero-order valence-corrected chi connectivity index (χ0v) is 13.1. The molecule has 2 aromatic rings. The maximum Gasteiger partial charge on any atom is 0.257 e. The van der Waals surface area contributed by atoms with E-state index in [1.807, 2.05) is 37.4 Å². The zero-order chi connectivity index (χ0) is 15.5. The SMILES string of the molecule is Cc1ccc(NC(=O)c2cncc(N3CCCC3)c2)cc1C. The number of nitrogens with zero attached hydrogens (tertiary/aromatic N) is 2. The van der Waals surface area contributed by atoms with E-state index >= 15 is 0 Å². The molecule has 2 heterocycles. The van der Waals surface area contributed by atoms with E-state index in [9.17, 15) is 4.79 Å². The molecule has 1 aliphatic heterocycles. The number of carbonyl (C=O) groups is 1. The molecular weight excluding hydrogens is 274 g/mol. The van der Waals surface area contributed by atoms with Crippen molar-refractivity contribution in [1.82, 2.24) is 4.98 Å². The van der Waals surface area contributed by atoms with Gasteiger partial charge in [-0.05, 0) is 56.0 Å². The van der Waals surface area contributed by atoms with E-state index in [0.29, 0.717) is 5.56 Å². The third kappa shape index (κ3) is 3.11. The van der Waals surface area contributed by atoms with Crippen LogP contribution in [0.3, 0.4) is 0 Å². The first kappa shape index (κ1) is 14.6. The molecule has 1 saturated heterocycles. The number of amides is 1. The molecule has 1 N–H and O–H groups in total. The Bertz CT molecular complexity index is 690. The molecule has 1 fully saturated rings. The van der Waals surface area contributed by atoms with Crippen LogP contribution in [0.4, 0.5) is 11.4 Å². The second kappa shape index (κ2) is 6.18. The van der Waals surface area contributed by atoms with Crippen LogP contribution in [0.25, 0.3) is 0 Å². The maximum absolute atomic E-state index is 12.4. The van der Waals surface area contributed by atoms with Crippen molar-refractivity contribution in [2.75, 3.05) is 23.3 Å². The summed E-state index contributed by atoms with van der Waals surface area (Å²) < 4.78 is 0. The van der Waals surface area contributed by atoms with Crippen molar-refractivity contribution in [3.8, 4) is 0 Å². The first-order chi connectivity index (χ1) is 10.6. The summed E-state index contributed by atoms with van der Waals surface area (Å²) in [7, 11) is 0. The summed E-state index contributed by atoms with van der Waals surface area (Å²) in [6, 6.07) is 7.86. The number of benzene rings is 1. The number of aromatic nitrogens is 1. The van der Waals surface area contributed by atoms with Crippen LogP contribution in [-0.4, -0.2) is 24.0 Å². The Hall–Kier alpha value is -2.36. The predicted octanol–water partition coefficient (Wildman–Crippen LogP) is 3.55. The normalized spacial score (nSPS) is 14.2. The fourth-order valence-corrected chi connectivity index (χ4v) is 2.72. The maximum atomic E-state index is 12.4. The summed E-state index contributed by atoms with van der Waals surface area (Å²) in [6.07, 6.45) is 5.87. The number of rotatable bonds is 3. The van der Waals surface area contributed by atoms with Gasteiger partial charge in [-0.25, -0.2) is 0 Å². The molecule has 0 atom stereocenters. The standard InChI is InChI=1S/C18H21N3O/c1-13-5-6-16(9-14(13)2)20-18(22)15-10-17(12-19-11-15)21-7-3-4-8-21/h5-6,9-12H,3-4,7-8H2,1-2H3,(H,20,22). The molecule has 0 unspecified atom stereocenters. The lowest BCUT2D eigenvalue weighted by Gasteiger charge is -2.17. The van der Waals surface area contributed by atoms with Crippen LogP contribution in [0.15, 0.2) is 36.7 Å².